The second-order valence-corrected chi connectivity index (χ2v) is 0. The molecule has 0 radical (unpaired) electrons. The zero-order valence-electron chi connectivity index (χ0n) is 2.79. The highest BCUT2D eigenvalue weighted by Crippen LogP contribution is 1.45. The van der Waals surface area contributed by atoms with Gasteiger partial charge in [0.1, 0.15) is 0 Å². The van der Waals surface area contributed by atoms with Gasteiger partial charge in [0.15, 0.2) is 0 Å². The van der Waals surface area contributed by atoms with Gasteiger partial charge < -0.3 is 0 Å². The predicted molar refractivity (Wildman–Crippen MR) is 26.1 cm³/mol. The molecule has 26 valence electrons. The fourth-order valence-corrected chi connectivity index (χ4v) is 0. The summed E-state index contributed by atoms with van der Waals surface area (Å²) in [5, 5.41) is 0. The van der Waals surface area contributed by atoms with E-state index in [1.807, 2.05) is 5.83 Å². The standard InChI is InChI=1S/C2H4.CH3Br/c2*1-2/h1-2H2;1H3. The molecule has 0 aromatic heterocycles. The molecular weight excluding hydrogens is 116 g/mol. The van der Waals surface area contributed by atoms with Crippen LogP contribution < -0.4 is 0 Å². The van der Waals surface area contributed by atoms with Crippen LogP contribution in [0.15, 0.2) is 13.2 Å². The fourth-order valence-electron chi connectivity index (χ4n) is 0. The lowest BCUT2D eigenvalue weighted by atomic mass is 11.3. The van der Waals surface area contributed by atoms with Crippen LogP contribution in [-0.2, 0) is 0 Å². The number of alkyl halides is 1. The van der Waals surface area contributed by atoms with E-state index in [-0.39, 0.29) is 0 Å². The van der Waals surface area contributed by atoms with E-state index in [9.17, 15) is 0 Å². The van der Waals surface area contributed by atoms with E-state index in [0.717, 1.165) is 0 Å². The molecule has 0 bridgehead atoms. The van der Waals surface area contributed by atoms with Gasteiger partial charge in [0, 0.05) is 0 Å². The smallest absolute Gasteiger partial charge is 0.00848 e. The number of halogens is 1. The van der Waals surface area contributed by atoms with Crippen LogP contribution in [0.3, 0.4) is 0 Å². The Balaban J connectivity index is 0. The highest BCUT2D eigenvalue weighted by molar-refractivity contribution is 9.08. The Morgan fingerprint density at radius 3 is 1.25 bits per heavy atom. The molecule has 0 aromatic carbocycles. The van der Waals surface area contributed by atoms with E-state index in [1.165, 1.54) is 0 Å². The Kier molecular flexibility index (Phi) is 728. The first-order valence-corrected chi connectivity index (χ1v) is 2.46. The molecule has 0 saturated heterocycles. The Morgan fingerprint density at radius 2 is 1.25 bits per heavy atom. The summed E-state index contributed by atoms with van der Waals surface area (Å²) in [5.41, 5.74) is 0. The summed E-state index contributed by atoms with van der Waals surface area (Å²) < 4.78 is 0. The third-order valence-corrected chi connectivity index (χ3v) is 0. The van der Waals surface area contributed by atoms with Crippen molar-refractivity contribution in [3.05, 3.63) is 13.2 Å². The van der Waals surface area contributed by atoms with Crippen molar-refractivity contribution in [3.63, 3.8) is 0 Å². The lowest BCUT2D eigenvalue weighted by molar-refractivity contribution is 2.60. The average molecular weight is 123 g/mol. The maximum atomic E-state index is 3.00. The molecule has 0 amide bonds. The minimum Gasteiger partial charge on any atom is -0.106 e. The fraction of sp³-hybridized carbons (Fsp3) is 0.333. The normalized spacial score (nSPS) is 2.50. The highest BCUT2D eigenvalue weighted by Gasteiger charge is 0.948. The lowest BCUT2D eigenvalue weighted by Crippen LogP contribution is -0.808. The average Bonchev–Trinajstić information content (AvgIpc) is 1.50. The minimum absolute atomic E-state index is 1.81. The molecule has 0 aromatic rings. The number of hydrogen-bond acceptors (Lipinski definition) is 0. The quantitative estimate of drug-likeness (QED) is 0.340. The molecule has 0 atom stereocenters. The molecule has 0 nitrogen and oxygen atoms in total. The summed E-state index contributed by atoms with van der Waals surface area (Å²) in [6.45, 7) is 6.00. The summed E-state index contributed by atoms with van der Waals surface area (Å²) in [6.07, 6.45) is 0. The molecule has 0 aliphatic rings. The Bertz CT molecular complexity index is 3.25. The second kappa shape index (κ2) is 328. The van der Waals surface area contributed by atoms with Gasteiger partial charge in [-0.2, -0.15) is 0 Å². The van der Waals surface area contributed by atoms with Crippen LogP contribution >= 0.6 is 15.9 Å². The van der Waals surface area contributed by atoms with E-state index in [4.69, 9.17) is 0 Å². The molecule has 4 heavy (non-hydrogen) atoms. The first-order chi connectivity index (χ1) is 2.00. The summed E-state index contributed by atoms with van der Waals surface area (Å²) >= 11 is 2.94. The molecule has 0 aliphatic carbocycles. The van der Waals surface area contributed by atoms with Crippen molar-refractivity contribution < 1.29 is 0 Å². The highest BCUT2D eigenvalue weighted by atomic mass is 79.9. The van der Waals surface area contributed by atoms with E-state index in [1.54, 1.807) is 0 Å². The van der Waals surface area contributed by atoms with Gasteiger partial charge in [-0.15, -0.1) is 13.2 Å². The van der Waals surface area contributed by atoms with Gasteiger partial charge in [0.2, 0.25) is 0 Å². The summed E-state index contributed by atoms with van der Waals surface area (Å²) in [5.74, 6) is 1.81. The summed E-state index contributed by atoms with van der Waals surface area (Å²) in [4.78, 5) is 0. The first kappa shape index (κ1) is 8.88. The molecule has 0 rings (SSSR count). The van der Waals surface area contributed by atoms with Crippen molar-refractivity contribution in [2.24, 2.45) is 0 Å². The molecule has 0 N–H and O–H groups in total. The summed E-state index contributed by atoms with van der Waals surface area (Å²) in [6, 6.07) is 0. The molecule has 0 unspecified atom stereocenters. The van der Waals surface area contributed by atoms with Crippen molar-refractivity contribution in [1.29, 1.82) is 0 Å². The SMILES string of the molecule is C=C.CBr. The van der Waals surface area contributed by atoms with Crippen LogP contribution in [0.2, 0.25) is 0 Å². The molecule has 0 fully saturated rings. The van der Waals surface area contributed by atoms with Crippen LogP contribution in [0.5, 0.6) is 0 Å². The minimum atomic E-state index is 1.81. The molecule has 0 aliphatic heterocycles. The monoisotopic (exact) mass is 122 g/mol. The molecule has 0 spiro atoms. The van der Waals surface area contributed by atoms with Gasteiger partial charge in [-0.25, -0.2) is 0 Å². The zero-order valence-corrected chi connectivity index (χ0v) is 4.38. The topological polar surface area (TPSA) is 0 Å². The van der Waals surface area contributed by atoms with Crippen LogP contribution in [-0.4, -0.2) is 5.83 Å². The first-order valence-electron chi connectivity index (χ1n) is 0.878. The van der Waals surface area contributed by atoms with E-state index < -0.39 is 0 Å². The van der Waals surface area contributed by atoms with Crippen LogP contribution in [0.4, 0.5) is 0 Å². The Morgan fingerprint density at radius 1 is 1.25 bits per heavy atom. The summed E-state index contributed by atoms with van der Waals surface area (Å²) in [7, 11) is 0. The van der Waals surface area contributed by atoms with Crippen molar-refractivity contribution in [2.75, 3.05) is 5.83 Å². The van der Waals surface area contributed by atoms with Crippen molar-refractivity contribution in [2.45, 2.75) is 0 Å². The van der Waals surface area contributed by atoms with E-state index in [2.05, 4.69) is 29.1 Å². The molecule has 0 heterocycles. The zero-order chi connectivity index (χ0) is 4.00. The van der Waals surface area contributed by atoms with Crippen LogP contribution in [0.1, 0.15) is 0 Å². The third-order valence-electron chi connectivity index (χ3n) is 0. The van der Waals surface area contributed by atoms with Crippen LogP contribution in [0, 0.1) is 0 Å². The lowest BCUT2D eigenvalue weighted by Gasteiger charge is -1.05. The number of hydrogen-bond donors (Lipinski definition) is 0. The van der Waals surface area contributed by atoms with Gasteiger partial charge >= 0.3 is 0 Å². The Labute approximate surface area is 35.7 Å². The maximum absolute atomic E-state index is 3.00. The predicted octanol–water partition coefficient (Wildman–Crippen LogP) is 1.81. The van der Waals surface area contributed by atoms with Gasteiger partial charge in [0.05, 0.1) is 0 Å². The van der Waals surface area contributed by atoms with Gasteiger partial charge in [0.25, 0.3) is 0 Å². The largest absolute Gasteiger partial charge is 0.106 e. The van der Waals surface area contributed by atoms with E-state index in [0.29, 0.717) is 0 Å². The maximum Gasteiger partial charge on any atom is -0.00848 e. The van der Waals surface area contributed by atoms with Gasteiger partial charge in [-0.3, -0.25) is 0 Å². The van der Waals surface area contributed by atoms with Crippen molar-refractivity contribution in [1.82, 2.24) is 0 Å². The molecular formula is C3H7Br. The Hall–Kier alpha value is 0.220. The third kappa shape index (κ3) is 68.3. The van der Waals surface area contributed by atoms with E-state index >= 15 is 0 Å². The number of rotatable bonds is 0. The van der Waals surface area contributed by atoms with Crippen LogP contribution in [0.25, 0.3) is 0 Å². The van der Waals surface area contributed by atoms with Crippen molar-refractivity contribution >= 4 is 15.9 Å². The second-order valence-electron chi connectivity index (χ2n) is 0. The van der Waals surface area contributed by atoms with Crippen molar-refractivity contribution in [3.8, 4) is 0 Å². The molecule has 0 saturated carbocycles. The molecule has 1 heteroatoms. The van der Waals surface area contributed by atoms with Gasteiger partial charge in [-0.05, 0) is 5.83 Å². The van der Waals surface area contributed by atoms with Gasteiger partial charge in [-0.1, -0.05) is 15.9 Å².